The van der Waals surface area contributed by atoms with E-state index in [0.717, 1.165) is 17.7 Å². The van der Waals surface area contributed by atoms with Crippen molar-refractivity contribution in [3.8, 4) is 5.75 Å². The number of hydrogen-bond acceptors (Lipinski definition) is 3. The minimum Gasteiger partial charge on any atom is -0.497 e. The summed E-state index contributed by atoms with van der Waals surface area (Å²) in [6.07, 6.45) is 4.87. The van der Waals surface area contributed by atoms with E-state index in [9.17, 15) is 4.79 Å². The summed E-state index contributed by atoms with van der Waals surface area (Å²) in [6.45, 7) is 0. The number of carbonyl (C=O) groups excluding carboxylic acids is 1. The van der Waals surface area contributed by atoms with Crippen molar-refractivity contribution in [1.82, 2.24) is 0 Å². The Bertz CT molecular complexity index is 369. The van der Waals surface area contributed by atoms with Crippen LogP contribution in [0.4, 0.5) is 0 Å². The smallest absolute Gasteiger partial charge is 0.309 e. The molecular weight excluding hydrogens is 204 g/mol. The van der Waals surface area contributed by atoms with Crippen LogP contribution in [0.5, 0.6) is 5.75 Å². The molecule has 1 aromatic carbocycles. The SMILES string of the molecule is COC(=O)C/C=C\Cc1cccc(OC)c1. The lowest BCUT2D eigenvalue weighted by molar-refractivity contribution is -0.139. The van der Waals surface area contributed by atoms with Crippen LogP contribution >= 0.6 is 0 Å². The zero-order valence-electron chi connectivity index (χ0n) is 9.60. The Kier molecular flexibility index (Phi) is 5.12. The molecule has 0 amide bonds. The summed E-state index contributed by atoms with van der Waals surface area (Å²) in [5, 5.41) is 0. The molecule has 0 atom stereocenters. The van der Waals surface area contributed by atoms with Crippen molar-refractivity contribution in [2.75, 3.05) is 14.2 Å². The Hall–Kier alpha value is -1.77. The largest absolute Gasteiger partial charge is 0.497 e. The molecule has 0 aliphatic heterocycles. The fourth-order valence-corrected chi connectivity index (χ4v) is 1.28. The van der Waals surface area contributed by atoms with Gasteiger partial charge in [0.1, 0.15) is 5.75 Å². The van der Waals surface area contributed by atoms with Crippen LogP contribution in [0, 0.1) is 0 Å². The lowest BCUT2D eigenvalue weighted by Crippen LogP contribution is -1.96. The van der Waals surface area contributed by atoms with Gasteiger partial charge in [-0.1, -0.05) is 24.3 Å². The summed E-state index contributed by atoms with van der Waals surface area (Å²) in [7, 11) is 3.03. The van der Waals surface area contributed by atoms with E-state index in [4.69, 9.17) is 4.74 Å². The molecule has 0 saturated heterocycles. The first-order valence-corrected chi connectivity index (χ1v) is 5.11. The fourth-order valence-electron chi connectivity index (χ4n) is 1.28. The van der Waals surface area contributed by atoms with Gasteiger partial charge in [0.2, 0.25) is 0 Å². The lowest BCUT2D eigenvalue weighted by atomic mass is 10.1. The van der Waals surface area contributed by atoms with Gasteiger partial charge in [-0.25, -0.2) is 0 Å². The van der Waals surface area contributed by atoms with Gasteiger partial charge in [-0.15, -0.1) is 0 Å². The molecule has 3 heteroatoms. The molecule has 0 N–H and O–H groups in total. The highest BCUT2D eigenvalue weighted by atomic mass is 16.5. The summed E-state index contributed by atoms with van der Waals surface area (Å²) in [5.74, 6) is 0.626. The molecule has 1 rings (SSSR count). The third kappa shape index (κ3) is 4.17. The summed E-state index contributed by atoms with van der Waals surface area (Å²) in [4.78, 5) is 10.8. The summed E-state index contributed by atoms with van der Waals surface area (Å²) in [6, 6.07) is 7.84. The number of esters is 1. The number of hydrogen-bond donors (Lipinski definition) is 0. The van der Waals surface area contributed by atoms with Crippen LogP contribution in [0.15, 0.2) is 36.4 Å². The maximum Gasteiger partial charge on any atom is 0.309 e. The van der Waals surface area contributed by atoms with E-state index in [1.54, 1.807) is 7.11 Å². The number of ether oxygens (including phenoxy) is 2. The second kappa shape index (κ2) is 6.67. The van der Waals surface area contributed by atoms with Crippen molar-refractivity contribution in [3.05, 3.63) is 42.0 Å². The monoisotopic (exact) mass is 220 g/mol. The van der Waals surface area contributed by atoms with Crippen molar-refractivity contribution in [2.45, 2.75) is 12.8 Å². The molecule has 1 aromatic rings. The Balaban J connectivity index is 2.44. The van der Waals surface area contributed by atoms with E-state index in [1.165, 1.54) is 7.11 Å². The van der Waals surface area contributed by atoms with E-state index in [2.05, 4.69) is 4.74 Å². The molecule has 0 aliphatic rings. The van der Waals surface area contributed by atoms with Gasteiger partial charge in [-0.05, 0) is 24.1 Å². The van der Waals surface area contributed by atoms with E-state index in [1.807, 2.05) is 36.4 Å². The quantitative estimate of drug-likeness (QED) is 0.564. The Morgan fingerprint density at radius 2 is 2.12 bits per heavy atom. The summed E-state index contributed by atoms with van der Waals surface area (Å²) >= 11 is 0. The van der Waals surface area contributed by atoms with E-state index >= 15 is 0 Å². The molecule has 0 heterocycles. The molecule has 0 fully saturated rings. The van der Waals surface area contributed by atoms with Gasteiger partial charge in [0.15, 0.2) is 0 Å². The molecule has 0 radical (unpaired) electrons. The van der Waals surface area contributed by atoms with Gasteiger partial charge in [0, 0.05) is 0 Å². The molecular formula is C13H16O3. The van der Waals surface area contributed by atoms with Gasteiger partial charge in [0.05, 0.1) is 20.6 Å². The first-order valence-electron chi connectivity index (χ1n) is 5.11. The molecule has 3 nitrogen and oxygen atoms in total. The lowest BCUT2D eigenvalue weighted by Gasteiger charge is -2.01. The summed E-state index contributed by atoms with van der Waals surface area (Å²) in [5.41, 5.74) is 1.15. The normalized spacial score (nSPS) is 10.4. The van der Waals surface area contributed by atoms with Crippen LogP contribution in [0.3, 0.4) is 0 Å². The maximum absolute atomic E-state index is 10.8. The first kappa shape index (κ1) is 12.3. The third-order valence-electron chi connectivity index (χ3n) is 2.17. The molecule has 0 saturated carbocycles. The predicted octanol–water partition coefficient (Wildman–Crippen LogP) is 2.36. The van der Waals surface area contributed by atoms with Crippen LogP contribution in [-0.2, 0) is 16.0 Å². The van der Waals surface area contributed by atoms with Gasteiger partial charge >= 0.3 is 5.97 Å². The summed E-state index contributed by atoms with van der Waals surface area (Å²) < 4.78 is 9.65. The number of methoxy groups -OCH3 is 2. The Morgan fingerprint density at radius 3 is 2.81 bits per heavy atom. The second-order valence-corrected chi connectivity index (χ2v) is 3.31. The zero-order valence-corrected chi connectivity index (χ0v) is 9.60. The molecule has 0 bridgehead atoms. The van der Waals surface area contributed by atoms with E-state index in [0.29, 0.717) is 6.42 Å². The van der Waals surface area contributed by atoms with Crippen LogP contribution in [-0.4, -0.2) is 20.2 Å². The molecule has 86 valence electrons. The maximum atomic E-state index is 10.8. The molecule has 0 unspecified atom stereocenters. The van der Waals surface area contributed by atoms with Gasteiger partial charge in [-0.3, -0.25) is 4.79 Å². The predicted molar refractivity (Wildman–Crippen MR) is 62.5 cm³/mol. The van der Waals surface area contributed by atoms with E-state index < -0.39 is 0 Å². The Morgan fingerprint density at radius 1 is 1.31 bits per heavy atom. The van der Waals surface area contributed by atoms with E-state index in [-0.39, 0.29) is 5.97 Å². The molecule has 0 aliphatic carbocycles. The number of carbonyl (C=O) groups is 1. The first-order chi connectivity index (χ1) is 7.76. The number of benzene rings is 1. The van der Waals surface area contributed by atoms with Crippen molar-refractivity contribution in [1.29, 1.82) is 0 Å². The third-order valence-corrected chi connectivity index (χ3v) is 2.17. The van der Waals surface area contributed by atoms with Crippen molar-refractivity contribution in [3.63, 3.8) is 0 Å². The van der Waals surface area contributed by atoms with Gasteiger partial charge < -0.3 is 9.47 Å². The van der Waals surface area contributed by atoms with Gasteiger partial charge in [-0.2, -0.15) is 0 Å². The average Bonchev–Trinajstić information content (AvgIpc) is 2.34. The standard InChI is InChI=1S/C13H16O3/c1-15-12-8-5-7-11(10-12)6-3-4-9-13(14)16-2/h3-5,7-8,10H,6,9H2,1-2H3/b4-3-. The number of allylic oxidation sites excluding steroid dienone is 1. The van der Waals surface area contributed by atoms with Crippen molar-refractivity contribution >= 4 is 5.97 Å². The molecule has 0 spiro atoms. The minimum atomic E-state index is -0.220. The molecule has 0 aromatic heterocycles. The van der Waals surface area contributed by atoms with Crippen molar-refractivity contribution in [2.24, 2.45) is 0 Å². The van der Waals surface area contributed by atoms with Crippen LogP contribution in [0.2, 0.25) is 0 Å². The van der Waals surface area contributed by atoms with Crippen LogP contribution in [0.1, 0.15) is 12.0 Å². The average molecular weight is 220 g/mol. The second-order valence-electron chi connectivity index (χ2n) is 3.31. The topological polar surface area (TPSA) is 35.5 Å². The highest BCUT2D eigenvalue weighted by Gasteiger charge is 1.95. The van der Waals surface area contributed by atoms with Crippen LogP contribution < -0.4 is 4.74 Å². The fraction of sp³-hybridized carbons (Fsp3) is 0.308. The number of rotatable bonds is 5. The zero-order chi connectivity index (χ0) is 11.8. The molecule has 16 heavy (non-hydrogen) atoms. The van der Waals surface area contributed by atoms with Crippen LogP contribution in [0.25, 0.3) is 0 Å². The van der Waals surface area contributed by atoms with Gasteiger partial charge in [0.25, 0.3) is 0 Å². The minimum absolute atomic E-state index is 0.220. The Labute approximate surface area is 95.7 Å². The highest BCUT2D eigenvalue weighted by Crippen LogP contribution is 2.13. The van der Waals surface area contributed by atoms with Crippen molar-refractivity contribution < 1.29 is 14.3 Å². The highest BCUT2D eigenvalue weighted by molar-refractivity contribution is 5.70.